The Morgan fingerprint density at radius 1 is 0.778 bits per heavy atom. The molecule has 1 heterocycles. The third kappa shape index (κ3) is 3.65. The van der Waals surface area contributed by atoms with Gasteiger partial charge in [0.15, 0.2) is 0 Å². The first-order valence-electron chi connectivity index (χ1n) is 11.4. The third-order valence-electron chi connectivity index (χ3n) is 6.76. The van der Waals surface area contributed by atoms with Crippen LogP contribution in [0.15, 0.2) is 59.0 Å². The quantitative estimate of drug-likeness (QED) is 0.180. The summed E-state index contributed by atoms with van der Waals surface area (Å²) in [4.78, 5) is 0. The first-order chi connectivity index (χ1) is 17.3. The summed E-state index contributed by atoms with van der Waals surface area (Å²) in [5.41, 5.74) is 0.904. The zero-order chi connectivity index (χ0) is 25.7. The number of furan rings is 1. The molecule has 5 unspecified atom stereocenters. The van der Waals surface area contributed by atoms with E-state index in [0.29, 0.717) is 32.7 Å². The van der Waals surface area contributed by atoms with E-state index < -0.39 is 37.1 Å². The molecule has 36 heavy (non-hydrogen) atoms. The molecule has 0 radical (unpaired) electrons. The van der Waals surface area contributed by atoms with Crippen LogP contribution in [-0.2, 0) is 4.74 Å². The molecule has 0 aliphatic rings. The lowest BCUT2D eigenvalue weighted by atomic mass is 9.90. The van der Waals surface area contributed by atoms with E-state index in [9.17, 15) is 35.7 Å². The first-order valence-corrected chi connectivity index (χ1v) is 11.4. The summed E-state index contributed by atoms with van der Waals surface area (Å²) in [6.45, 7) is -0.719. The van der Waals surface area contributed by atoms with E-state index in [4.69, 9.17) is 9.15 Å². The molecule has 7 N–H and O–H groups in total. The predicted molar refractivity (Wildman–Crippen MR) is 133 cm³/mol. The van der Waals surface area contributed by atoms with Gasteiger partial charge in [0, 0.05) is 17.9 Å². The van der Waals surface area contributed by atoms with Crippen LogP contribution in [0.2, 0.25) is 0 Å². The van der Waals surface area contributed by atoms with Gasteiger partial charge in [0.05, 0.1) is 17.4 Å². The molecule has 9 heteroatoms. The standard InChI is InChI=1S/C27H26O9/c1-35-27(19(31)11-28)24(34)23(33)22(32)15-10-16-14-9-8-12-4-2-6-17(29)20(12)25(14)36-26(16)21-13(15)5-3-7-18(21)30/h2-10,19,22-24,27-34H,11H2,1H3. The maximum atomic E-state index is 11.2. The molecule has 0 bridgehead atoms. The number of ether oxygens (including phenoxy) is 1. The summed E-state index contributed by atoms with van der Waals surface area (Å²) in [7, 11) is 1.20. The van der Waals surface area contributed by atoms with Gasteiger partial charge in [-0.1, -0.05) is 30.3 Å². The van der Waals surface area contributed by atoms with Crippen molar-refractivity contribution in [2.75, 3.05) is 13.7 Å². The molecule has 0 fully saturated rings. The molecule has 1 aromatic heterocycles. The molecular formula is C27H26O9. The fourth-order valence-electron chi connectivity index (χ4n) is 4.94. The first kappa shape index (κ1) is 24.3. The van der Waals surface area contributed by atoms with Crippen molar-refractivity contribution >= 4 is 43.5 Å². The number of hydrogen-bond donors (Lipinski definition) is 7. The van der Waals surface area contributed by atoms with Crippen LogP contribution in [0.3, 0.4) is 0 Å². The molecular weight excluding hydrogens is 468 g/mol. The molecule has 0 amide bonds. The Balaban J connectivity index is 1.76. The molecule has 188 valence electrons. The van der Waals surface area contributed by atoms with Crippen LogP contribution in [-0.4, -0.2) is 73.9 Å². The van der Waals surface area contributed by atoms with Gasteiger partial charge in [-0.05, 0) is 40.6 Å². The Kier molecular flexibility index (Phi) is 6.21. The van der Waals surface area contributed by atoms with Gasteiger partial charge < -0.3 is 44.9 Å². The number of rotatable bonds is 7. The minimum absolute atomic E-state index is 0.0255. The summed E-state index contributed by atoms with van der Waals surface area (Å²) in [5, 5.41) is 76.1. The highest BCUT2D eigenvalue weighted by atomic mass is 16.5. The highest BCUT2D eigenvalue weighted by Gasteiger charge is 2.37. The number of hydrogen-bond acceptors (Lipinski definition) is 9. The van der Waals surface area contributed by atoms with Crippen LogP contribution in [0.5, 0.6) is 11.5 Å². The third-order valence-corrected chi connectivity index (χ3v) is 6.76. The maximum absolute atomic E-state index is 11.2. The number of fused-ring (bicyclic) bond motifs is 7. The van der Waals surface area contributed by atoms with Crippen LogP contribution < -0.4 is 0 Å². The number of aliphatic hydroxyl groups excluding tert-OH is 5. The second kappa shape index (κ2) is 9.21. The average molecular weight is 494 g/mol. The highest BCUT2D eigenvalue weighted by molar-refractivity contribution is 6.22. The number of methoxy groups -OCH3 is 1. The van der Waals surface area contributed by atoms with Gasteiger partial charge >= 0.3 is 0 Å². The van der Waals surface area contributed by atoms with Crippen LogP contribution in [0.4, 0.5) is 0 Å². The maximum Gasteiger partial charge on any atom is 0.147 e. The number of aromatic hydroxyl groups is 2. The van der Waals surface area contributed by atoms with E-state index in [-0.39, 0.29) is 22.4 Å². The Bertz CT molecular complexity index is 1570. The van der Waals surface area contributed by atoms with Crippen molar-refractivity contribution in [3.63, 3.8) is 0 Å². The zero-order valence-corrected chi connectivity index (χ0v) is 19.2. The molecule has 5 atom stereocenters. The van der Waals surface area contributed by atoms with Gasteiger partial charge in [-0.25, -0.2) is 0 Å². The lowest BCUT2D eigenvalue weighted by Crippen LogP contribution is -2.48. The van der Waals surface area contributed by atoms with E-state index in [1.54, 1.807) is 36.4 Å². The van der Waals surface area contributed by atoms with Gasteiger partial charge in [-0.2, -0.15) is 0 Å². The van der Waals surface area contributed by atoms with Crippen LogP contribution in [0, 0.1) is 0 Å². The summed E-state index contributed by atoms with van der Waals surface area (Å²) in [6.07, 6.45) is -8.10. The van der Waals surface area contributed by atoms with E-state index in [1.807, 2.05) is 12.1 Å². The van der Waals surface area contributed by atoms with Crippen molar-refractivity contribution < 1.29 is 44.9 Å². The van der Waals surface area contributed by atoms with E-state index in [2.05, 4.69) is 0 Å². The van der Waals surface area contributed by atoms with Gasteiger partial charge in [-0.3, -0.25) is 0 Å². The number of benzene rings is 4. The summed E-state index contributed by atoms with van der Waals surface area (Å²) >= 11 is 0. The van der Waals surface area contributed by atoms with Gasteiger partial charge in [0.2, 0.25) is 0 Å². The Morgan fingerprint density at radius 3 is 2.14 bits per heavy atom. The summed E-state index contributed by atoms with van der Waals surface area (Å²) in [6, 6.07) is 15.0. The van der Waals surface area contributed by atoms with Crippen molar-refractivity contribution in [1.29, 1.82) is 0 Å². The number of phenolic OH excluding ortho intramolecular Hbond substituents is 2. The molecule has 0 saturated carbocycles. The van der Waals surface area contributed by atoms with Gasteiger partial charge in [0.25, 0.3) is 0 Å². The Labute approximate surface area is 204 Å². The van der Waals surface area contributed by atoms with Crippen molar-refractivity contribution in [3.05, 3.63) is 60.2 Å². The molecule has 5 rings (SSSR count). The fraction of sp³-hybridized carbons (Fsp3) is 0.259. The summed E-state index contributed by atoms with van der Waals surface area (Å²) in [5.74, 6) is -0.0998. The minimum Gasteiger partial charge on any atom is -0.507 e. The van der Waals surface area contributed by atoms with Crippen molar-refractivity contribution in [2.45, 2.75) is 30.5 Å². The SMILES string of the molecule is COC(C(O)CO)C(O)C(O)C(O)c1cc2c3ccc4cccc(O)c4c3oc2c2c(O)cccc12. The smallest absolute Gasteiger partial charge is 0.147 e. The molecule has 9 nitrogen and oxygen atoms in total. The van der Waals surface area contributed by atoms with Crippen molar-refractivity contribution in [1.82, 2.24) is 0 Å². The zero-order valence-electron chi connectivity index (χ0n) is 19.2. The topological polar surface area (TPSA) is 164 Å². The fourth-order valence-corrected chi connectivity index (χ4v) is 4.94. The lowest BCUT2D eigenvalue weighted by molar-refractivity contribution is -0.152. The average Bonchev–Trinajstić information content (AvgIpc) is 3.26. The van der Waals surface area contributed by atoms with Crippen LogP contribution in [0.1, 0.15) is 11.7 Å². The van der Waals surface area contributed by atoms with Gasteiger partial charge in [-0.15, -0.1) is 0 Å². The molecule has 0 saturated heterocycles. The number of aliphatic hydroxyl groups is 5. The second-order valence-electron chi connectivity index (χ2n) is 8.84. The largest absolute Gasteiger partial charge is 0.507 e. The normalized spacial score (nSPS) is 16.5. The van der Waals surface area contributed by atoms with Crippen molar-refractivity contribution in [3.8, 4) is 11.5 Å². The summed E-state index contributed by atoms with van der Waals surface area (Å²) < 4.78 is 11.2. The monoisotopic (exact) mass is 494 g/mol. The lowest BCUT2D eigenvalue weighted by Gasteiger charge is -2.31. The molecule has 5 aromatic rings. The van der Waals surface area contributed by atoms with E-state index in [0.717, 1.165) is 5.39 Å². The molecule has 0 aliphatic heterocycles. The minimum atomic E-state index is -1.82. The molecule has 0 spiro atoms. The van der Waals surface area contributed by atoms with Crippen LogP contribution in [0.25, 0.3) is 43.5 Å². The number of phenols is 2. The van der Waals surface area contributed by atoms with Crippen molar-refractivity contribution in [2.24, 2.45) is 0 Å². The second-order valence-corrected chi connectivity index (χ2v) is 8.84. The molecule has 0 aliphatic carbocycles. The van der Waals surface area contributed by atoms with E-state index >= 15 is 0 Å². The van der Waals surface area contributed by atoms with Gasteiger partial charge in [0.1, 0.15) is 53.2 Å². The predicted octanol–water partition coefficient (Wildman–Crippen LogP) is 2.43. The van der Waals surface area contributed by atoms with Crippen LogP contribution >= 0.6 is 0 Å². The van der Waals surface area contributed by atoms with E-state index in [1.165, 1.54) is 13.2 Å². The Morgan fingerprint density at radius 2 is 1.44 bits per heavy atom. The highest BCUT2D eigenvalue weighted by Crippen LogP contribution is 2.44. The molecule has 4 aromatic carbocycles. The Hall–Kier alpha value is -3.44.